The average Bonchev–Trinajstić information content (AvgIpc) is 2.82. The number of hydrogen-bond acceptors (Lipinski definition) is 4. The maximum atomic E-state index is 12.2. The standard InChI is InChI=1S/C14H17N3O2.ClH/c1-10-12(14(18)16-9-8-15-2)13(17-19-10)11-6-4-3-5-7-11;/h3-7,15H,8-9H2,1-2H3,(H,16,18);1H. The molecule has 5 nitrogen and oxygen atoms in total. The number of benzene rings is 1. The van der Waals surface area contributed by atoms with Gasteiger partial charge in [-0.2, -0.15) is 0 Å². The van der Waals surface area contributed by atoms with Gasteiger partial charge in [0, 0.05) is 18.7 Å². The highest BCUT2D eigenvalue weighted by molar-refractivity contribution is 6.00. The maximum Gasteiger partial charge on any atom is 0.257 e. The fourth-order valence-electron chi connectivity index (χ4n) is 1.82. The van der Waals surface area contributed by atoms with Crippen LogP contribution in [0.1, 0.15) is 16.1 Å². The number of likely N-dealkylation sites (N-methyl/N-ethyl adjacent to an activating group) is 1. The lowest BCUT2D eigenvalue weighted by Crippen LogP contribution is -2.30. The Morgan fingerprint density at radius 3 is 2.60 bits per heavy atom. The molecule has 1 aromatic heterocycles. The van der Waals surface area contributed by atoms with Gasteiger partial charge in [0.05, 0.1) is 0 Å². The minimum absolute atomic E-state index is 0. The predicted molar refractivity (Wildman–Crippen MR) is 80.2 cm³/mol. The Morgan fingerprint density at radius 2 is 1.95 bits per heavy atom. The number of nitrogens with zero attached hydrogens (tertiary/aromatic N) is 1. The molecule has 1 amide bonds. The van der Waals surface area contributed by atoms with Crippen LogP contribution in [0.3, 0.4) is 0 Å². The van der Waals surface area contributed by atoms with Gasteiger partial charge >= 0.3 is 0 Å². The van der Waals surface area contributed by atoms with E-state index in [0.717, 1.165) is 12.1 Å². The molecule has 0 fully saturated rings. The zero-order valence-corrected chi connectivity index (χ0v) is 12.3. The van der Waals surface area contributed by atoms with E-state index in [1.807, 2.05) is 37.4 Å². The van der Waals surface area contributed by atoms with Crippen molar-refractivity contribution in [3.63, 3.8) is 0 Å². The molecule has 2 aromatic rings. The first-order valence-corrected chi connectivity index (χ1v) is 6.18. The van der Waals surface area contributed by atoms with E-state index in [0.29, 0.717) is 23.6 Å². The summed E-state index contributed by atoms with van der Waals surface area (Å²) in [7, 11) is 1.84. The molecule has 0 spiro atoms. The number of aryl methyl sites for hydroxylation is 1. The molecule has 0 saturated carbocycles. The van der Waals surface area contributed by atoms with E-state index in [4.69, 9.17) is 4.52 Å². The summed E-state index contributed by atoms with van der Waals surface area (Å²) < 4.78 is 5.15. The number of halogens is 1. The molecule has 1 aromatic carbocycles. The third kappa shape index (κ3) is 3.59. The number of carbonyl (C=O) groups excluding carboxylic acids is 1. The molecular weight excluding hydrogens is 278 g/mol. The fraction of sp³-hybridized carbons (Fsp3) is 0.286. The van der Waals surface area contributed by atoms with E-state index in [1.165, 1.54) is 0 Å². The molecule has 0 aliphatic heterocycles. The van der Waals surface area contributed by atoms with E-state index in [1.54, 1.807) is 6.92 Å². The van der Waals surface area contributed by atoms with Crippen molar-refractivity contribution in [2.24, 2.45) is 0 Å². The van der Waals surface area contributed by atoms with E-state index >= 15 is 0 Å². The van der Waals surface area contributed by atoms with Crippen LogP contribution in [0.15, 0.2) is 34.9 Å². The van der Waals surface area contributed by atoms with Gasteiger partial charge in [-0.3, -0.25) is 4.79 Å². The second-order valence-corrected chi connectivity index (χ2v) is 4.19. The highest BCUT2D eigenvalue weighted by atomic mass is 35.5. The van der Waals surface area contributed by atoms with Crippen LogP contribution in [0.4, 0.5) is 0 Å². The first kappa shape index (κ1) is 16.2. The SMILES string of the molecule is CNCCNC(=O)c1c(-c2ccccc2)noc1C.Cl. The molecule has 20 heavy (non-hydrogen) atoms. The first-order valence-electron chi connectivity index (χ1n) is 6.18. The van der Waals surface area contributed by atoms with Crippen LogP contribution >= 0.6 is 12.4 Å². The van der Waals surface area contributed by atoms with Crippen molar-refractivity contribution in [2.45, 2.75) is 6.92 Å². The number of rotatable bonds is 5. The van der Waals surface area contributed by atoms with Gasteiger partial charge in [-0.1, -0.05) is 35.5 Å². The summed E-state index contributed by atoms with van der Waals surface area (Å²) in [5.41, 5.74) is 1.96. The van der Waals surface area contributed by atoms with Gasteiger partial charge in [0.25, 0.3) is 5.91 Å². The van der Waals surface area contributed by atoms with Crippen LogP contribution < -0.4 is 10.6 Å². The third-order valence-electron chi connectivity index (χ3n) is 2.80. The van der Waals surface area contributed by atoms with Gasteiger partial charge in [0.15, 0.2) is 0 Å². The quantitative estimate of drug-likeness (QED) is 0.828. The molecule has 2 N–H and O–H groups in total. The summed E-state index contributed by atoms with van der Waals surface area (Å²) in [6, 6.07) is 9.54. The van der Waals surface area contributed by atoms with Crippen LogP contribution in [-0.2, 0) is 0 Å². The molecule has 0 bridgehead atoms. The summed E-state index contributed by atoms with van der Waals surface area (Å²) in [4.78, 5) is 12.2. The van der Waals surface area contributed by atoms with Gasteiger partial charge < -0.3 is 15.2 Å². The number of hydrogen-bond donors (Lipinski definition) is 2. The average molecular weight is 296 g/mol. The minimum atomic E-state index is -0.159. The fourth-order valence-corrected chi connectivity index (χ4v) is 1.82. The van der Waals surface area contributed by atoms with Crippen LogP contribution in [0.25, 0.3) is 11.3 Å². The Labute approximate surface area is 124 Å². The Balaban J connectivity index is 0.00000200. The van der Waals surface area contributed by atoms with Gasteiger partial charge in [-0.25, -0.2) is 0 Å². The normalized spacial score (nSPS) is 9.90. The van der Waals surface area contributed by atoms with Crippen molar-refractivity contribution in [2.75, 3.05) is 20.1 Å². The van der Waals surface area contributed by atoms with Gasteiger partial charge in [0.1, 0.15) is 17.0 Å². The van der Waals surface area contributed by atoms with E-state index in [-0.39, 0.29) is 18.3 Å². The molecule has 0 atom stereocenters. The molecular formula is C14H18ClN3O2. The van der Waals surface area contributed by atoms with Crippen molar-refractivity contribution >= 4 is 18.3 Å². The van der Waals surface area contributed by atoms with Crippen LogP contribution in [0.2, 0.25) is 0 Å². The Bertz CT molecular complexity index is 555. The highest BCUT2D eigenvalue weighted by Gasteiger charge is 2.20. The number of aromatic nitrogens is 1. The maximum absolute atomic E-state index is 12.2. The number of nitrogens with one attached hydrogen (secondary N) is 2. The van der Waals surface area contributed by atoms with Crippen molar-refractivity contribution in [1.29, 1.82) is 0 Å². The largest absolute Gasteiger partial charge is 0.360 e. The molecule has 2 rings (SSSR count). The van der Waals surface area contributed by atoms with Crippen LogP contribution in [0, 0.1) is 6.92 Å². The van der Waals surface area contributed by atoms with E-state index in [9.17, 15) is 4.79 Å². The second-order valence-electron chi connectivity index (χ2n) is 4.19. The van der Waals surface area contributed by atoms with Crippen molar-refractivity contribution < 1.29 is 9.32 Å². The predicted octanol–water partition coefficient (Wildman–Crippen LogP) is 2.02. The Hall–Kier alpha value is -1.85. The summed E-state index contributed by atoms with van der Waals surface area (Å²) in [5.74, 6) is 0.369. The van der Waals surface area contributed by atoms with Gasteiger partial charge in [-0.05, 0) is 14.0 Å². The van der Waals surface area contributed by atoms with E-state index < -0.39 is 0 Å². The zero-order valence-electron chi connectivity index (χ0n) is 11.5. The molecule has 0 unspecified atom stereocenters. The van der Waals surface area contributed by atoms with Crippen molar-refractivity contribution in [3.8, 4) is 11.3 Å². The molecule has 0 aliphatic rings. The highest BCUT2D eigenvalue weighted by Crippen LogP contribution is 2.24. The van der Waals surface area contributed by atoms with Crippen LogP contribution in [-0.4, -0.2) is 31.2 Å². The molecule has 6 heteroatoms. The van der Waals surface area contributed by atoms with E-state index in [2.05, 4.69) is 15.8 Å². The molecule has 0 radical (unpaired) electrons. The first-order chi connectivity index (χ1) is 9.24. The minimum Gasteiger partial charge on any atom is -0.360 e. The molecule has 0 aliphatic carbocycles. The third-order valence-corrected chi connectivity index (χ3v) is 2.80. The Kier molecular flexibility index (Phi) is 6.21. The lowest BCUT2D eigenvalue weighted by molar-refractivity contribution is 0.0953. The van der Waals surface area contributed by atoms with Crippen molar-refractivity contribution in [1.82, 2.24) is 15.8 Å². The smallest absolute Gasteiger partial charge is 0.257 e. The Morgan fingerprint density at radius 1 is 1.25 bits per heavy atom. The number of amides is 1. The topological polar surface area (TPSA) is 67.2 Å². The summed E-state index contributed by atoms with van der Waals surface area (Å²) in [6.07, 6.45) is 0. The van der Waals surface area contributed by atoms with Crippen molar-refractivity contribution in [3.05, 3.63) is 41.7 Å². The lowest BCUT2D eigenvalue weighted by atomic mass is 10.1. The molecule has 108 valence electrons. The monoisotopic (exact) mass is 295 g/mol. The molecule has 0 saturated heterocycles. The molecule has 1 heterocycles. The zero-order chi connectivity index (χ0) is 13.7. The van der Waals surface area contributed by atoms with Crippen LogP contribution in [0.5, 0.6) is 0 Å². The number of carbonyl (C=O) groups is 1. The summed E-state index contributed by atoms with van der Waals surface area (Å²) in [5, 5.41) is 9.79. The van der Waals surface area contributed by atoms with Gasteiger partial charge in [-0.15, -0.1) is 12.4 Å². The lowest BCUT2D eigenvalue weighted by Gasteiger charge is -2.05. The second kappa shape index (κ2) is 7.67. The van der Waals surface area contributed by atoms with Gasteiger partial charge in [0.2, 0.25) is 0 Å². The summed E-state index contributed by atoms with van der Waals surface area (Å²) >= 11 is 0. The summed E-state index contributed by atoms with van der Waals surface area (Å²) in [6.45, 7) is 3.03.